The molecule has 3 heteroatoms. The highest BCUT2D eigenvalue weighted by Crippen LogP contribution is 2.52. The van der Waals surface area contributed by atoms with E-state index in [9.17, 15) is 0 Å². The number of methoxy groups -OCH3 is 1. The lowest BCUT2D eigenvalue weighted by Crippen LogP contribution is -2.56. The second kappa shape index (κ2) is 5.51. The second-order valence-corrected chi connectivity index (χ2v) is 5.06. The quantitative estimate of drug-likeness (QED) is 0.657. The van der Waals surface area contributed by atoms with E-state index in [1.807, 2.05) is 0 Å². The van der Waals surface area contributed by atoms with Crippen molar-refractivity contribution in [3.05, 3.63) is 0 Å². The molecule has 1 aliphatic rings. The van der Waals surface area contributed by atoms with E-state index in [1.54, 1.807) is 7.11 Å². The molecule has 0 spiro atoms. The first-order valence-corrected chi connectivity index (χ1v) is 6.32. The third-order valence-corrected chi connectivity index (χ3v) is 4.41. The average Bonchev–Trinajstić information content (AvgIpc) is 2.19. The summed E-state index contributed by atoms with van der Waals surface area (Å²) in [6, 6.07) is 0. The number of alkyl halides is 1. The van der Waals surface area contributed by atoms with E-state index in [2.05, 4.69) is 20.8 Å². The average molecular weight is 235 g/mol. The van der Waals surface area contributed by atoms with E-state index < -0.39 is 0 Å². The predicted octanol–water partition coefficient (Wildman–Crippen LogP) is 3.22. The first-order chi connectivity index (χ1) is 7.10. The molecule has 0 bridgehead atoms. The Balaban J connectivity index is 2.49. The minimum Gasteiger partial charge on any atom is -0.382 e. The molecule has 3 atom stereocenters. The van der Waals surface area contributed by atoms with Crippen LogP contribution in [0, 0.1) is 5.41 Å². The van der Waals surface area contributed by atoms with Crippen LogP contribution >= 0.6 is 11.6 Å². The minimum atomic E-state index is 0.168. The normalized spacial score (nSPS) is 31.0. The number of rotatable bonds is 6. The van der Waals surface area contributed by atoms with Crippen molar-refractivity contribution in [2.75, 3.05) is 13.7 Å². The van der Waals surface area contributed by atoms with E-state index >= 15 is 0 Å². The van der Waals surface area contributed by atoms with Crippen LogP contribution in [0.1, 0.15) is 40.0 Å². The maximum atomic E-state index is 6.32. The van der Waals surface area contributed by atoms with Crippen LogP contribution in [0.4, 0.5) is 0 Å². The Kier molecular flexibility index (Phi) is 4.88. The van der Waals surface area contributed by atoms with E-state index in [0.717, 1.165) is 19.3 Å². The summed E-state index contributed by atoms with van der Waals surface area (Å²) in [6.45, 7) is 7.12. The minimum absolute atomic E-state index is 0.168. The lowest BCUT2D eigenvalue weighted by molar-refractivity contribution is -0.149. The molecule has 1 fully saturated rings. The molecule has 3 unspecified atom stereocenters. The molecule has 0 amide bonds. The second-order valence-electron chi connectivity index (χ2n) is 4.53. The number of halogens is 1. The maximum Gasteiger partial charge on any atom is 0.0784 e. The molecule has 0 N–H and O–H groups in total. The SMILES string of the molecule is CCC1(CC)C(Cl)CC1OC(C)COC. The first kappa shape index (κ1) is 13.3. The Morgan fingerprint density at radius 2 is 2.00 bits per heavy atom. The van der Waals surface area contributed by atoms with Crippen LogP contribution in [0.5, 0.6) is 0 Å². The fourth-order valence-electron chi connectivity index (χ4n) is 2.59. The summed E-state index contributed by atoms with van der Waals surface area (Å²) in [6.07, 6.45) is 3.67. The Morgan fingerprint density at radius 1 is 1.40 bits per heavy atom. The fourth-order valence-corrected chi connectivity index (χ4v) is 3.20. The molecule has 1 rings (SSSR count). The molecule has 0 aromatic carbocycles. The van der Waals surface area contributed by atoms with Gasteiger partial charge in [0, 0.05) is 17.9 Å². The molecule has 0 heterocycles. The van der Waals surface area contributed by atoms with Crippen molar-refractivity contribution in [3.8, 4) is 0 Å². The zero-order valence-corrected chi connectivity index (χ0v) is 11.0. The smallest absolute Gasteiger partial charge is 0.0784 e. The van der Waals surface area contributed by atoms with Gasteiger partial charge >= 0.3 is 0 Å². The standard InChI is InChI=1S/C12H23ClO2/c1-5-12(6-2)10(13)7-11(12)15-9(3)8-14-4/h9-11H,5-8H2,1-4H3. The van der Waals surface area contributed by atoms with E-state index in [1.165, 1.54) is 0 Å². The van der Waals surface area contributed by atoms with Crippen LogP contribution in [0.15, 0.2) is 0 Å². The molecule has 0 aromatic heterocycles. The molecule has 0 saturated heterocycles. The Hall–Kier alpha value is 0.210. The molecule has 0 aromatic rings. The molecule has 90 valence electrons. The monoisotopic (exact) mass is 234 g/mol. The summed E-state index contributed by atoms with van der Waals surface area (Å²) in [7, 11) is 1.71. The number of hydrogen-bond donors (Lipinski definition) is 0. The number of hydrogen-bond acceptors (Lipinski definition) is 2. The lowest BCUT2D eigenvalue weighted by atomic mass is 9.62. The van der Waals surface area contributed by atoms with Gasteiger partial charge in [0.05, 0.1) is 18.8 Å². The third kappa shape index (κ3) is 2.48. The van der Waals surface area contributed by atoms with Crippen molar-refractivity contribution in [2.45, 2.75) is 57.6 Å². The van der Waals surface area contributed by atoms with Crippen molar-refractivity contribution in [1.82, 2.24) is 0 Å². The Labute approximate surface area is 98.3 Å². The van der Waals surface area contributed by atoms with Gasteiger partial charge in [-0.15, -0.1) is 11.6 Å². The van der Waals surface area contributed by atoms with Crippen LogP contribution in [0.25, 0.3) is 0 Å². The number of ether oxygens (including phenoxy) is 2. The van der Waals surface area contributed by atoms with Crippen LogP contribution in [0.2, 0.25) is 0 Å². The van der Waals surface area contributed by atoms with Crippen LogP contribution in [0.3, 0.4) is 0 Å². The summed E-state index contributed by atoms with van der Waals surface area (Å²) in [5, 5.41) is 0.284. The van der Waals surface area contributed by atoms with Crippen molar-refractivity contribution >= 4 is 11.6 Å². The molecular formula is C12H23ClO2. The molecule has 15 heavy (non-hydrogen) atoms. The highest BCUT2D eigenvalue weighted by atomic mass is 35.5. The third-order valence-electron chi connectivity index (χ3n) is 3.80. The Morgan fingerprint density at radius 3 is 2.40 bits per heavy atom. The topological polar surface area (TPSA) is 18.5 Å². The molecule has 1 saturated carbocycles. The largest absolute Gasteiger partial charge is 0.382 e. The van der Waals surface area contributed by atoms with Gasteiger partial charge in [-0.2, -0.15) is 0 Å². The molecule has 0 aliphatic heterocycles. The summed E-state index contributed by atoms with van der Waals surface area (Å²) in [4.78, 5) is 0. The van der Waals surface area contributed by atoms with Crippen LogP contribution in [-0.4, -0.2) is 31.3 Å². The summed E-state index contributed by atoms with van der Waals surface area (Å²) in [5.74, 6) is 0. The van der Waals surface area contributed by atoms with Gasteiger partial charge in [0.25, 0.3) is 0 Å². The van der Waals surface area contributed by atoms with Gasteiger partial charge in [-0.05, 0) is 26.2 Å². The van der Waals surface area contributed by atoms with Gasteiger partial charge < -0.3 is 9.47 Å². The van der Waals surface area contributed by atoms with E-state index in [4.69, 9.17) is 21.1 Å². The zero-order chi connectivity index (χ0) is 11.5. The zero-order valence-electron chi connectivity index (χ0n) is 10.3. The van der Waals surface area contributed by atoms with Crippen LogP contribution in [-0.2, 0) is 9.47 Å². The van der Waals surface area contributed by atoms with Crippen molar-refractivity contribution in [2.24, 2.45) is 5.41 Å². The fraction of sp³-hybridized carbons (Fsp3) is 1.00. The molecule has 0 radical (unpaired) electrons. The van der Waals surface area contributed by atoms with Crippen molar-refractivity contribution < 1.29 is 9.47 Å². The highest BCUT2D eigenvalue weighted by molar-refractivity contribution is 6.21. The van der Waals surface area contributed by atoms with Gasteiger partial charge in [-0.1, -0.05) is 13.8 Å². The van der Waals surface area contributed by atoms with Gasteiger partial charge in [0.15, 0.2) is 0 Å². The van der Waals surface area contributed by atoms with Gasteiger partial charge in [-0.25, -0.2) is 0 Å². The predicted molar refractivity (Wildman–Crippen MR) is 63.5 cm³/mol. The summed E-state index contributed by atoms with van der Waals surface area (Å²) >= 11 is 6.32. The van der Waals surface area contributed by atoms with Crippen LogP contribution < -0.4 is 0 Å². The van der Waals surface area contributed by atoms with E-state index in [0.29, 0.717) is 12.7 Å². The highest BCUT2D eigenvalue weighted by Gasteiger charge is 2.52. The van der Waals surface area contributed by atoms with Gasteiger partial charge in [-0.3, -0.25) is 0 Å². The molecule has 1 aliphatic carbocycles. The summed E-state index contributed by atoms with van der Waals surface area (Å²) < 4.78 is 11.1. The van der Waals surface area contributed by atoms with Gasteiger partial charge in [0.2, 0.25) is 0 Å². The van der Waals surface area contributed by atoms with Gasteiger partial charge in [0.1, 0.15) is 0 Å². The van der Waals surface area contributed by atoms with E-state index in [-0.39, 0.29) is 16.9 Å². The maximum absolute atomic E-state index is 6.32. The van der Waals surface area contributed by atoms with Crippen molar-refractivity contribution in [1.29, 1.82) is 0 Å². The Bertz CT molecular complexity index is 192. The first-order valence-electron chi connectivity index (χ1n) is 5.89. The lowest BCUT2D eigenvalue weighted by Gasteiger charge is -2.53. The molecule has 2 nitrogen and oxygen atoms in total. The van der Waals surface area contributed by atoms with Crippen molar-refractivity contribution in [3.63, 3.8) is 0 Å². The molecular weight excluding hydrogens is 212 g/mol. The summed E-state index contributed by atoms with van der Waals surface area (Å²) in [5.41, 5.74) is 0.198.